The van der Waals surface area contributed by atoms with Crippen LogP contribution < -0.4 is 0 Å². The molecule has 0 spiro atoms. The van der Waals surface area contributed by atoms with Gasteiger partial charge in [-0.2, -0.15) is 13.2 Å². The van der Waals surface area contributed by atoms with Crippen molar-refractivity contribution in [3.05, 3.63) is 42.3 Å². The number of hydrogen-bond acceptors (Lipinski definition) is 0. The lowest BCUT2D eigenvalue weighted by atomic mass is 9.86. The molecule has 0 atom stereocenters. The molecule has 0 saturated carbocycles. The first-order valence-corrected chi connectivity index (χ1v) is 5.20. The van der Waals surface area contributed by atoms with Crippen LogP contribution in [0.2, 0.25) is 0 Å². The highest BCUT2D eigenvalue weighted by Crippen LogP contribution is 2.31. The second-order valence-corrected chi connectivity index (χ2v) is 4.56. The van der Waals surface area contributed by atoms with Crippen molar-refractivity contribution in [1.82, 2.24) is 0 Å². The molecule has 0 unspecified atom stereocenters. The molecule has 1 rings (SSSR count). The highest BCUT2D eigenvalue weighted by molar-refractivity contribution is 5.28. The summed E-state index contributed by atoms with van der Waals surface area (Å²) in [6.07, 6.45) is -3.82. The fourth-order valence-corrected chi connectivity index (χ4v) is 1.65. The summed E-state index contributed by atoms with van der Waals surface area (Å²) >= 11 is 0. The van der Waals surface area contributed by atoms with Gasteiger partial charge >= 0.3 is 6.18 Å². The third-order valence-electron chi connectivity index (χ3n) is 2.33. The van der Waals surface area contributed by atoms with Gasteiger partial charge in [0.1, 0.15) is 0 Å². The van der Waals surface area contributed by atoms with E-state index < -0.39 is 11.7 Å². The van der Waals surface area contributed by atoms with Crippen molar-refractivity contribution in [2.45, 2.75) is 26.4 Å². The average Bonchev–Trinajstić information content (AvgIpc) is 2.15. The molecule has 0 amide bonds. The minimum atomic E-state index is -4.29. The van der Waals surface area contributed by atoms with Crippen molar-refractivity contribution in [2.75, 3.05) is 0 Å². The van der Waals surface area contributed by atoms with Crippen molar-refractivity contribution in [3.8, 4) is 11.8 Å². The van der Waals surface area contributed by atoms with Gasteiger partial charge in [-0.15, -0.1) is 5.92 Å². The monoisotopic (exact) mass is 239 g/mol. The zero-order valence-electron chi connectivity index (χ0n) is 9.86. The van der Waals surface area contributed by atoms with E-state index in [1.807, 2.05) is 13.8 Å². The van der Waals surface area contributed by atoms with Gasteiger partial charge in [-0.3, -0.25) is 0 Å². The Balaban J connectivity index is 2.97. The van der Waals surface area contributed by atoms with Gasteiger partial charge < -0.3 is 0 Å². The summed E-state index contributed by atoms with van der Waals surface area (Å²) in [5, 5.41) is 0. The summed E-state index contributed by atoms with van der Waals surface area (Å²) in [7, 11) is 0. The zero-order chi connectivity index (χ0) is 13.1. The van der Waals surface area contributed by atoms with Crippen molar-refractivity contribution in [2.24, 2.45) is 5.41 Å². The maximum Gasteiger partial charge on any atom is 0.416 e. The van der Waals surface area contributed by atoms with Crippen molar-refractivity contribution < 1.29 is 13.2 Å². The molecular formula is C14H14F3. The van der Waals surface area contributed by atoms with E-state index >= 15 is 0 Å². The molecule has 3 heteroatoms. The largest absolute Gasteiger partial charge is 0.416 e. The van der Waals surface area contributed by atoms with Crippen LogP contribution in [0.3, 0.4) is 0 Å². The molecular weight excluding hydrogens is 225 g/mol. The average molecular weight is 239 g/mol. The lowest BCUT2D eigenvalue weighted by molar-refractivity contribution is -0.137. The van der Waals surface area contributed by atoms with Gasteiger partial charge in [-0.25, -0.2) is 0 Å². The van der Waals surface area contributed by atoms with E-state index in [-0.39, 0.29) is 5.41 Å². The topological polar surface area (TPSA) is 0 Å². The molecule has 1 aromatic rings. The molecule has 0 N–H and O–H groups in total. The molecule has 0 saturated heterocycles. The fourth-order valence-electron chi connectivity index (χ4n) is 1.65. The molecule has 0 aromatic heterocycles. The molecule has 91 valence electrons. The van der Waals surface area contributed by atoms with Gasteiger partial charge in [-0.05, 0) is 31.9 Å². The Hall–Kier alpha value is -1.43. The van der Waals surface area contributed by atoms with Crippen LogP contribution in [0.5, 0.6) is 0 Å². The fraction of sp³-hybridized carbons (Fsp3) is 0.357. The van der Waals surface area contributed by atoms with Crippen LogP contribution in [0, 0.1) is 24.2 Å². The van der Waals surface area contributed by atoms with Crippen molar-refractivity contribution in [1.29, 1.82) is 0 Å². The predicted octanol–water partition coefficient (Wildman–Crippen LogP) is 4.11. The second kappa shape index (κ2) is 4.83. The molecule has 0 bridgehead atoms. The summed E-state index contributed by atoms with van der Waals surface area (Å²) in [6.45, 7) is 7.19. The van der Waals surface area contributed by atoms with Crippen LogP contribution >= 0.6 is 0 Å². The van der Waals surface area contributed by atoms with Crippen LogP contribution in [-0.2, 0) is 12.6 Å². The number of hydrogen-bond donors (Lipinski definition) is 0. The van der Waals surface area contributed by atoms with Crippen LogP contribution in [0.4, 0.5) is 13.2 Å². The molecule has 1 aromatic carbocycles. The summed E-state index contributed by atoms with van der Waals surface area (Å²) < 4.78 is 37.5. The predicted molar refractivity (Wildman–Crippen MR) is 62.1 cm³/mol. The van der Waals surface area contributed by atoms with Gasteiger partial charge in [-0.1, -0.05) is 24.1 Å². The third-order valence-corrected chi connectivity index (χ3v) is 2.33. The molecule has 0 aliphatic rings. The first kappa shape index (κ1) is 13.6. The minimum absolute atomic E-state index is 0.369. The molecule has 0 aliphatic heterocycles. The maximum atomic E-state index is 12.5. The van der Waals surface area contributed by atoms with Gasteiger partial charge in [0.05, 0.1) is 5.56 Å². The van der Waals surface area contributed by atoms with Crippen LogP contribution in [0.15, 0.2) is 24.3 Å². The van der Waals surface area contributed by atoms with Crippen LogP contribution in [-0.4, -0.2) is 0 Å². The lowest BCUT2D eigenvalue weighted by Gasteiger charge is -2.18. The first-order chi connectivity index (χ1) is 7.74. The van der Waals surface area contributed by atoms with Gasteiger partial charge in [0, 0.05) is 12.3 Å². The molecule has 0 heterocycles. The van der Waals surface area contributed by atoms with Gasteiger partial charge in [0.2, 0.25) is 0 Å². The van der Waals surface area contributed by atoms with E-state index in [1.165, 1.54) is 12.1 Å². The molecule has 17 heavy (non-hydrogen) atoms. The Labute approximate surface area is 99.8 Å². The first-order valence-electron chi connectivity index (χ1n) is 5.20. The zero-order valence-corrected chi connectivity index (χ0v) is 9.86. The third kappa shape index (κ3) is 4.14. The molecule has 0 nitrogen and oxygen atoms in total. The summed E-state index contributed by atoms with van der Waals surface area (Å²) in [4.78, 5) is 0. The Morgan fingerprint density at radius 2 is 1.88 bits per heavy atom. The minimum Gasteiger partial charge on any atom is -0.166 e. The smallest absolute Gasteiger partial charge is 0.166 e. The number of alkyl halides is 3. The quantitative estimate of drug-likeness (QED) is 0.681. The molecule has 0 fully saturated rings. The highest BCUT2D eigenvalue weighted by atomic mass is 19.4. The van der Waals surface area contributed by atoms with Gasteiger partial charge in [0.15, 0.2) is 0 Å². The highest BCUT2D eigenvalue weighted by Gasteiger charge is 2.30. The van der Waals surface area contributed by atoms with Crippen LogP contribution in [0.25, 0.3) is 0 Å². The van der Waals surface area contributed by atoms with E-state index in [9.17, 15) is 13.2 Å². The summed E-state index contributed by atoms with van der Waals surface area (Å²) in [5.74, 6) is 5.44. The SMILES string of the molecule is [CH2]C#CC(C)(C)Cc1cccc(C(F)(F)F)c1. The lowest BCUT2D eigenvalue weighted by Crippen LogP contribution is -2.13. The Morgan fingerprint density at radius 1 is 1.24 bits per heavy atom. The van der Waals surface area contributed by atoms with E-state index in [1.54, 1.807) is 6.07 Å². The number of halogens is 3. The maximum absolute atomic E-state index is 12.5. The standard InChI is InChI=1S/C14H14F3/c1-4-8-13(2,3)10-11-6-5-7-12(9-11)14(15,16)17/h5-7,9H,1,10H2,2-3H3. The molecule has 0 aliphatic carbocycles. The Morgan fingerprint density at radius 3 is 2.41 bits per heavy atom. The van der Waals surface area contributed by atoms with E-state index in [0.29, 0.717) is 12.0 Å². The number of benzene rings is 1. The summed E-state index contributed by atoms with van der Waals surface area (Å²) in [6, 6.07) is 5.35. The normalized spacial score (nSPS) is 11.9. The van der Waals surface area contributed by atoms with Gasteiger partial charge in [0.25, 0.3) is 0 Å². The molecule has 1 radical (unpaired) electrons. The van der Waals surface area contributed by atoms with E-state index in [0.717, 1.165) is 6.07 Å². The van der Waals surface area contributed by atoms with Crippen LogP contribution in [0.1, 0.15) is 25.0 Å². The summed E-state index contributed by atoms with van der Waals surface area (Å²) in [5.41, 5.74) is -0.354. The van der Waals surface area contributed by atoms with Crippen molar-refractivity contribution in [3.63, 3.8) is 0 Å². The van der Waals surface area contributed by atoms with E-state index in [4.69, 9.17) is 0 Å². The van der Waals surface area contributed by atoms with E-state index in [2.05, 4.69) is 18.8 Å². The Bertz CT molecular complexity index is 445. The number of rotatable bonds is 2. The second-order valence-electron chi connectivity index (χ2n) is 4.56. The Kier molecular flexibility index (Phi) is 3.87. The van der Waals surface area contributed by atoms with Crippen molar-refractivity contribution >= 4 is 0 Å².